The van der Waals surface area contributed by atoms with Gasteiger partial charge in [-0.05, 0) is 12.5 Å². The number of amides is 1. The van der Waals surface area contributed by atoms with E-state index in [4.69, 9.17) is 44.6 Å². The van der Waals surface area contributed by atoms with Gasteiger partial charge in [-0.2, -0.15) is 0 Å². The van der Waals surface area contributed by atoms with Crippen molar-refractivity contribution in [2.45, 2.75) is 19.4 Å². The molecule has 0 fully saturated rings. The van der Waals surface area contributed by atoms with Crippen LogP contribution >= 0.6 is 34.8 Å². The molecule has 1 unspecified atom stereocenters. The maximum absolute atomic E-state index is 11.9. The summed E-state index contributed by atoms with van der Waals surface area (Å²) in [5.74, 6) is -1.34. The van der Waals surface area contributed by atoms with Crippen LogP contribution in [0.15, 0.2) is 12.1 Å². The normalized spacial score (nSPS) is 11.9. The highest BCUT2D eigenvalue weighted by atomic mass is 35.5. The molecule has 1 amide bonds. The number of carboxylic acids is 1. The van der Waals surface area contributed by atoms with Crippen LogP contribution in [0.5, 0.6) is 5.75 Å². The smallest absolute Gasteiger partial charge is 0.326 e. The number of benzene rings is 1. The molecule has 0 saturated carbocycles. The van der Waals surface area contributed by atoms with Gasteiger partial charge in [-0.1, -0.05) is 41.7 Å². The van der Waals surface area contributed by atoms with Gasteiger partial charge in [0.1, 0.15) is 11.8 Å². The number of carboxylic acid groups (broad SMARTS) is 1. The fraction of sp³-hybridized carbons (Fsp3) is 0.385. The number of carbonyl (C=O) groups is 2. The van der Waals surface area contributed by atoms with Crippen molar-refractivity contribution in [2.24, 2.45) is 0 Å². The van der Waals surface area contributed by atoms with Gasteiger partial charge in [0.25, 0.3) is 5.91 Å². The Morgan fingerprint density at radius 2 is 1.81 bits per heavy atom. The zero-order valence-electron chi connectivity index (χ0n) is 11.4. The second-order valence-corrected chi connectivity index (χ2v) is 5.47. The predicted molar refractivity (Wildman–Crippen MR) is 81.5 cm³/mol. The van der Waals surface area contributed by atoms with Gasteiger partial charge in [0.05, 0.1) is 15.1 Å². The van der Waals surface area contributed by atoms with E-state index in [9.17, 15) is 9.59 Å². The summed E-state index contributed by atoms with van der Waals surface area (Å²) in [5.41, 5.74) is 0. The first kappa shape index (κ1) is 17.9. The predicted octanol–water partition coefficient (Wildman–Crippen LogP) is 3.35. The van der Waals surface area contributed by atoms with Crippen LogP contribution in [0.1, 0.15) is 13.3 Å². The van der Waals surface area contributed by atoms with Crippen molar-refractivity contribution in [2.75, 3.05) is 13.7 Å². The molecule has 0 radical (unpaired) electrons. The summed E-state index contributed by atoms with van der Waals surface area (Å²) in [4.78, 5) is 24.0. The first-order valence-electron chi connectivity index (χ1n) is 6.03. The number of carbonyl (C=O) groups excluding carboxylic acids is 1. The van der Waals surface area contributed by atoms with Crippen LogP contribution in [0.2, 0.25) is 15.1 Å². The highest BCUT2D eigenvalue weighted by Crippen LogP contribution is 2.33. The Morgan fingerprint density at radius 1 is 1.24 bits per heavy atom. The molecular weight excluding hydrogens is 341 g/mol. The molecule has 0 aliphatic carbocycles. The minimum Gasteiger partial charge on any atom is -0.482 e. The van der Waals surface area contributed by atoms with E-state index < -0.39 is 17.9 Å². The first-order valence-corrected chi connectivity index (χ1v) is 7.17. The van der Waals surface area contributed by atoms with Crippen LogP contribution in [-0.2, 0) is 9.59 Å². The molecule has 1 N–H and O–H groups in total. The number of rotatable bonds is 6. The molecule has 5 nitrogen and oxygen atoms in total. The van der Waals surface area contributed by atoms with Crippen molar-refractivity contribution in [1.29, 1.82) is 0 Å². The zero-order chi connectivity index (χ0) is 16.2. The molecule has 21 heavy (non-hydrogen) atoms. The van der Waals surface area contributed by atoms with Crippen LogP contribution in [0.3, 0.4) is 0 Å². The highest BCUT2D eigenvalue weighted by Gasteiger charge is 2.25. The van der Waals surface area contributed by atoms with E-state index in [0.717, 1.165) is 4.90 Å². The van der Waals surface area contributed by atoms with E-state index in [1.807, 2.05) is 0 Å². The quantitative estimate of drug-likeness (QED) is 0.796. The van der Waals surface area contributed by atoms with E-state index in [-0.39, 0.29) is 27.4 Å². The molecule has 0 aliphatic rings. The van der Waals surface area contributed by atoms with Crippen molar-refractivity contribution < 1.29 is 19.4 Å². The number of aliphatic carboxylic acids is 1. The number of likely N-dealkylation sites (N-methyl/N-ethyl adjacent to an activating group) is 1. The summed E-state index contributed by atoms with van der Waals surface area (Å²) >= 11 is 17.5. The second kappa shape index (κ2) is 7.73. The van der Waals surface area contributed by atoms with E-state index in [2.05, 4.69) is 0 Å². The summed E-state index contributed by atoms with van der Waals surface area (Å²) in [6, 6.07) is 1.90. The second-order valence-electron chi connectivity index (χ2n) is 4.25. The lowest BCUT2D eigenvalue weighted by Gasteiger charge is -2.23. The number of hydrogen-bond acceptors (Lipinski definition) is 3. The Hall–Kier alpha value is -1.17. The maximum Gasteiger partial charge on any atom is 0.326 e. The lowest BCUT2D eigenvalue weighted by Crippen LogP contribution is -2.44. The molecule has 0 bridgehead atoms. The van der Waals surface area contributed by atoms with Gasteiger partial charge >= 0.3 is 5.97 Å². The van der Waals surface area contributed by atoms with Gasteiger partial charge in [0, 0.05) is 13.1 Å². The molecule has 1 aromatic rings. The van der Waals surface area contributed by atoms with Crippen molar-refractivity contribution in [3.05, 3.63) is 27.2 Å². The molecule has 0 saturated heterocycles. The third-order valence-electron chi connectivity index (χ3n) is 2.86. The SMILES string of the molecule is CCC(C(=O)O)N(C)C(=O)COc1cc(Cl)c(Cl)cc1Cl. The number of hydrogen-bond donors (Lipinski definition) is 1. The van der Waals surface area contributed by atoms with Crippen LogP contribution in [0.25, 0.3) is 0 Å². The van der Waals surface area contributed by atoms with Gasteiger partial charge < -0.3 is 14.7 Å². The van der Waals surface area contributed by atoms with Crippen LogP contribution in [0, 0.1) is 0 Å². The summed E-state index contributed by atoms with van der Waals surface area (Å²) < 4.78 is 5.27. The molecule has 1 rings (SSSR count). The van der Waals surface area contributed by atoms with Crippen LogP contribution < -0.4 is 4.74 Å². The Kier molecular flexibility index (Phi) is 6.58. The van der Waals surface area contributed by atoms with Crippen LogP contribution in [-0.4, -0.2) is 41.6 Å². The van der Waals surface area contributed by atoms with E-state index in [1.54, 1.807) is 6.92 Å². The van der Waals surface area contributed by atoms with Gasteiger partial charge in [-0.3, -0.25) is 4.79 Å². The standard InChI is InChI=1S/C13H14Cl3NO4/c1-3-10(13(19)20)17(2)12(18)6-21-11-5-8(15)7(14)4-9(11)16/h4-5,10H,3,6H2,1-2H3,(H,19,20). The largest absolute Gasteiger partial charge is 0.482 e. The fourth-order valence-corrected chi connectivity index (χ4v) is 2.24. The lowest BCUT2D eigenvalue weighted by molar-refractivity contribution is -0.149. The van der Waals surface area contributed by atoms with Crippen molar-refractivity contribution >= 4 is 46.7 Å². The van der Waals surface area contributed by atoms with Crippen molar-refractivity contribution in [3.63, 3.8) is 0 Å². The first-order chi connectivity index (χ1) is 9.77. The molecule has 116 valence electrons. The maximum atomic E-state index is 11.9. The summed E-state index contributed by atoms with van der Waals surface area (Å²) in [5, 5.41) is 9.73. The average molecular weight is 355 g/mol. The fourth-order valence-electron chi connectivity index (χ4n) is 1.64. The van der Waals surface area contributed by atoms with Crippen molar-refractivity contribution in [1.82, 2.24) is 4.90 Å². The number of halogens is 3. The Morgan fingerprint density at radius 3 is 2.33 bits per heavy atom. The monoisotopic (exact) mass is 353 g/mol. The van der Waals surface area contributed by atoms with E-state index in [0.29, 0.717) is 6.42 Å². The van der Waals surface area contributed by atoms with Crippen LogP contribution in [0.4, 0.5) is 0 Å². The third-order valence-corrected chi connectivity index (χ3v) is 3.88. The van der Waals surface area contributed by atoms with Crippen molar-refractivity contribution in [3.8, 4) is 5.75 Å². The van der Waals surface area contributed by atoms with E-state index >= 15 is 0 Å². The molecule has 1 aromatic carbocycles. The third kappa shape index (κ3) is 4.66. The molecule has 1 atom stereocenters. The Labute approximate surface area is 137 Å². The molecular formula is C13H14Cl3NO4. The number of ether oxygens (including phenoxy) is 1. The minimum absolute atomic E-state index is 0.205. The molecule has 8 heteroatoms. The summed E-state index contributed by atoms with van der Waals surface area (Å²) in [6.45, 7) is 1.33. The zero-order valence-corrected chi connectivity index (χ0v) is 13.7. The van der Waals surface area contributed by atoms with Gasteiger partial charge in [-0.25, -0.2) is 4.79 Å². The Bertz CT molecular complexity index is 550. The molecule has 0 aromatic heterocycles. The minimum atomic E-state index is -1.07. The Balaban J connectivity index is 2.73. The average Bonchev–Trinajstić information content (AvgIpc) is 2.41. The topological polar surface area (TPSA) is 66.8 Å². The van der Waals surface area contributed by atoms with Gasteiger partial charge in [0.2, 0.25) is 0 Å². The van der Waals surface area contributed by atoms with Gasteiger partial charge in [-0.15, -0.1) is 0 Å². The van der Waals surface area contributed by atoms with Gasteiger partial charge in [0.15, 0.2) is 6.61 Å². The molecule has 0 heterocycles. The van der Waals surface area contributed by atoms with E-state index in [1.165, 1.54) is 19.2 Å². The number of nitrogens with zero attached hydrogens (tertiary/aromatic N) is 1. The summed E-state index contributed by atoms with van der Waals surface area (Å²) in [6.07, 6.45) is 0.297. The molecule has 0 spiro atoms. The highest BCUT2D eigenvalue weighted by molar-refractivity contribution is 6.43. The lowest BCUT2D eigenvalue weighted by atomic mass is 10.2. The summed E-state index contributed by atoms with van der Waals surface area (Å²) in [7, 11) is 1.41. The molecule has 0 aliphatic heterocycles.